The Bertz CT molecular complexity index is 459. The first kappa shape index (κ1) is 14.3. The third kappa shape index (κ3) is 2.62. The van der Waals surface area contributed by atoms with E-state index in [1.165, 1.54) is 6.42 Å². The molecule has 0 saturated carbocycles. The minimum absolute atomic E-state index is 0. The first-order valence-corrected chi connectivity index (χ1v) is 6.85. The van der Waals surface area contributed by atoms with Crippen LogP contribution in [-0.2, 0) is 13.0 Å². The number of likely N-dealkylation sites (tertiary alicyclic amines) is 1. The van der Waals surface area contributed by atoms with E-state index in [1.54, 1.807) is 0 Å². The summed E-state index contributed by atoms with van der Waals surface area (Å²) in [7, 11) is 0. The average Bonchev–Trinajstić information content (AvgIpc) is 2.82. The molecule has 1 atom stereocenters. The fourth-order valence-corrected chi connectivity index (χ4v) is 2.94. The molecule has 1 saturated heterocycles. The number of piperidine rings is 1. The van der Waals surface area contributed by atoms with E-state index in [2.05, 4.69) is 22.4 Å². The topological polar surface area (TPSA) is 61.0 Å². The molecule has 1 amide bonds. The Morgan fingerprint density at radius 1 is 1.42 bits per heavy atom. The quantitative estimate of drug-likeness (QED) is 0.821. The highest BCUT2D eigenvalue weighted by atomic mass is 35.5. The van der Waals surface area contributed by atoms with Crippen molar-refractivity contribution >= 4 is 18.3 Å². The molecule has 0 radical (unpaired) electrons. The minimum Gasteiger partial charge on any atom is -0.335 e. The number of rotatable bonds is 1. The van der Waals surface area contributed by atoms with E-state index < -0.39 is 0 Å². The molecule has 5 nitrogen and oxygen atoms in total. The molecule has 2 N–H and O–H groups in total. The molecule has 1 fully saturated rings. The number of fused-ring (bicyclic) bond motifs is 1. The maximum absolute atomic E-state index is 12.6. The van der Waals surface area contributed by atoms with Crippen molar-refractivity contribution in [3.8, 4) is 0 Å². The van der Waals surface area contributed by atoms with Crippen molar-refractivity contribution in [2.24, 2.45) is 0 Å². The molecule has 3 heterocycles. The average molecular weight is 285 g/mol. The fraction of sp³-hybridized carbons (Fsp3) is 0.692. The molecule has 0 aromatic carbocycles. The molecule has 1 aromatic heterocycles. The lowest BCUT2D eigenvalue weighted by Gasteiger charge is -2.33. The largest absolute Gasteiger partial charge is 0.335 e. The predicted octanol–water partition coefficient (Wildman–Crippen LogP) is 1.49. The Hall–Kier alpha value is -1.07. The number of carbonyl (C=O) groups excluding carboxylic acids is 1. The Morgan fingerprint density at radius 3 is 3.05 bits per heavy atom. The zero-order chi connectivity index (χ0) is 12.5. The smallest absolute Gasteiger partial charge is 0.274 e. The third-order valence-corrected chi connectivity index (χ3v) is 4.07. The Labute approximate surface area is 119 Å². The first-order chi connectivity index (χ1) is 8.77. The number of halogens is 1. The van der Waals surface area contributed by atoms with Gasteiger partial charge in [0.05, 0.1) is 0 Å². The lowest BCUT2D eigenvalue weighted by atomic mass is 10.0. The summed E-state index contributed by atoms with van der Waals surface area (Å²) in [5.74, 6) is 0.100. The Morgan fingerprint density at radius 2 is 2.26 bits per heavy atom. The van der Waals surface area contributed by atoms with E-state index in [9.17, 15) is 4.79 Å². The van der Waals surface area contributed by atoms with Crippen molar-refractivity contribution in [2.75, 3.05) is 13.1 Å². The second-order valence-electron chi connectivity index (χ2n) is 5.30. The fourth-order valence-electron chi connectivity index (χ4n) is 2.94. The van der Waals surface area contributed by atoms with Crippen molar-refractivity contribution < 1.29 is 4.79 Å². The van der Waals surface area contributed by atoms with Gasteiger partial charge in [-0.25, -0.2) is 0 Å². The number of aromatic amines is 1. The zero-order valence-electron chi connectivity index (χ0n) is 11.2. The predicted molar refractivity (Wildman–Crippen MR) is 75.6 cm³/mol. The molecule has 106 valence electrons. The summed E-state index contributed by atoms with van der Waals surface area (Å²) in [5, 5.41) is 10.6. The van der Waals surface area contributed by atoms with E-state index in [0.29, 0.717) is 11.7 Å². The van der Waals surface area contributed by atoms with Gasteiger partial charge in [0.1, 0.15) is 0 Å². The van der Waals surface area contributed by atoms with Crippen LogP contribution in [0.2, 0.25) is 0 Å². The van der Waals surface area contributed by atoms with Crippen molar-refractivity contribution in [3.63, 3.8) is 0 Å². The molecule has 19 heavy (non-hydrogen) atoms. The van der Waals surface area contributed by atoms with Crippen LogP contribution in [-0.4, -0.2) is 40.1 Å². The molecular formula is C13H21ClN4O. The van der Waals surface area contributed by atoms with Gasteiger partial charge in [0.15, 0.2) is 5.69 Å². The van der Waals surface area contributed by atoms with Gasteiger partial charge < -0.3 is 10.2 Å². The summed E-state index contributed by atoms with van der Waals surface area (Å²) in [4.78, 5) is 14.5. The second-order valence-corrected chi connectivity index (χ2v) is 5.30. The van der Waals surface area contributed by atoms with Crippen LogP contribution in [0.5, 0.6) is 0 Å². The van der Waals surface area contributed by atoms with E-state index in [0.717, 1.165) is 50.2 Å². The molecule has 0 aliphatic carbocycles. The first-order valence-electron chi connectivity index (χ1n) is 6.85. The summed E-state index contributed by atoms with van der Waals surface area (Å²) in [5.41, 5.74) is 2.83. The van der Waals surface area contributed by atoms with Gasteiger partial charge in [-0.05, 0) is 26.2 Å². The highest BCUT2D eigenvalue weighted by Gasteiger charge is 2.29. The van der Waals surface area contributed by atoms with E-state index in [4.69, 9.17) is 0 Å². The van der Waals surface area contributed by atoms with Crippen LogP contribution >= 0.6 is 12.4 Å². The molecule has 0 bridgehead atoms. The van der Waals surface area contributed by atoms with Crippen molar-refractivity contribution in [1.82, 2.24) is 20.4 Å². The van der Waals surface area contributed by atoms with E-state index in [-0.39, 0.29) is 18.3 Å². The molecule has 0 spiro atoms. The lowest BCUT2D eigenvalue weighted by Crippen LogP contribution is -2.42. The van der Waals surface area contributed by atoms with Crippen LogP contribution in [0, 0.1) is 0 Å². The van der Waals surface area contributed by atoms with Crippen molar-refractivity contribution in [1.29, 1.82) is 0 Å². The summed E-state index contributed by atoms with van der Waals surface area (Å²) in [6.07, 6.45) is 4.38. The van der Waals surface area contributed by atoms with Gasteiger partial charge in [0.2, 0.25) is 0 Å². The van der Waals surface area contributed by atoms with Gasteiger partial charge in [0.25, 0.3) is 5.91 Å². The number of aromatic nitrogens is 2. The summed E-state index contributed by atoms with van der Waals surface area (Å²) >= 11 is 0. The van der Waals surface area contributed by atoms with Crippen molar-refractivity contribution in [3.05, 3.63) is 17.0 Å². The molecule has 2 aliphatic heterocycles. The van der Waals surface area contributed by atoms with Crippen LogP contribution in [0.25, 0.3) is 0 Å². The molecule has 1 unspecified atom stereocenters. The van der Waals surface area contributed by atoms with Crippen LogP contribution in [0.3, 0.4) is 0 Å². The summed E-state index contributed by atoms with van der Waals surface area (Å²) in [6.45, 7) is 4.72. The Kier molecular flexibility index (Phi) is 4.47. The van der Waals surface area contributed by atoms with Gasteiger partial charge in [-0.3, -0.25) is 9.89 Å². The maximum atomic E-state index is 12.6. The maximum Gasteiger partial charge on any atom is 0.274 e. The highest BCUT2D eigenvalue weighted by Crippen LogP contribution is 2.22. The summed E-state index contributed by atoms with van der Waals surface area (Å²) < 4.78 is 0. The molecule has 1 aromatic rings. The lowest BCUT2D eigenvalue weighted by molar-refractivity contribution is 0.0628. The van der Waals surface area contributed by atoms with E-state index >= 15 is 0 Å². The summed E-state index contributed by atoms with van der Waals surface area (Å²) in [6, 6.07) is 0.343. The normalized spacial score (nSPS) is 22.6. The SMILES string of the molecule is CC1CCCCN1C(=O)c1n[nH]c2c1CNCC2.Cl. The van der Waals surface area contributed by atoms with Gasteiger partial charge >= 0.3 is 0 Å². The van der Waals surface area contributed by atoms with Gasteiger partial charge in [-0.1, -0.05) is 0 Å². The van der Waals surface area contributed by atoms with Crippen molar-refractivity contribution in [2.45, 2.75) is 45.2 Å². The second kappa shape index (κ2) is 5.92. The van der Waals surface area contributed by atoms with Gasteiger partial charge in [-0.15, -0.1) is 12.4 Å². The Balaban J connectivity index is 0.00000133. The molecule has 6 heteroatoms. The number of nitrogens with one attached hydrogen (secondary N) is 2. The van der Waals surface area contributed by atoms with E-state index in [1.807, 2.05) is 4.90 Å². The molecule has 3 rings (SSSR count). The number of hydrogen-bond donors (Lipinski definition) is 2. The van der Waals surface area contributed by atoms with Crippen LogP contribution in [0.15, 0.2) is 0 Å². The standard InChI is InChI=1S/C13H20N4O.ClH/c1-9-4-2-3-7-17(9)13(18)12-10-8-14-6-5-11(10)15-16-12;/h9,14H,2-8H2,1H3,(H,15,16);1H. The number of nitrogens with zero attached hydrogens (tertiary/aromatic N) is 2. The third-order valence-electron chi connectivity index (χ3n) is 4.07. The van der Waals surface area contributed by atoms with Crippen LogP contribution in [0.4, 0.5) is 0 Å². The van der Waals surface area contributed by atoms with Gasteiger partial charge in [0, 0.05) is 43.4 Å². The number of carbonyl (C=O) groups is 1. The van der Waals surface area contributed by atoms with Crippen LogP contribution in [0.1, 0.15) is 47.9 Å². The molecular weight excluding hydrogens is 264 g/mol. The zero-order valence-corrected chi connectivity index (χ0v) is 12.1. The monoisotopic (exact) mass is 284 g/mol. The highest BCUT2D eigenvalue weighted by molar-refractivity contribution is 5.94. The molecule has 2 aliphatic rings. The van der Waals surface area contributed by atoms with Crippen LogP contribution < -0.4 is 5.32 Å². The minimum atomic E-state index is 0. The number of H-pyrrole nitrogens is 1. The number of hydrogen-bond acceptors (Lipinski definition) is 3. The van der Waals surface area contributed by atoms with Gasteiger partial charge in [-0.2, -0.15) is 5.10 Å². The number of amides is 1.